The van der Waals surface area contributed by atoms with Crippen LogP contribution in [0.2, 0.25) is 0 Å². The third kappa shape index (κ3) is 30.7. The van der Waals surface area contributed by atoms with E-state index in [1.807, 2.05) is 13.8 Å². The first-order valence-electron chi connectivity index (χ1n) is 13.3. The molecule has 224 valence electrons. The van der Waals surface area contributed by atoms with Gasteiger partial charge in [0.15, 0.2) is 0 Å². The van der Waals surface area contributed by atoms with Crippen molar-refractivity contribution in [2.75, 3.05) is 112 Å². The van der Waals surface area contributed by atoms with Crippen LogP contribution in [-0.4, -0.2) is 130 Å². The number of nitrogens with one attached hydrogen (secondary N) is 2. The zero-order chi connectivity index (χ0) is 27.2. The van der Waals surface area contributed by atoms with E-state index in [2.05, 4.69) is 17.6 Å². The van der Waals surface area contributed by atoms with Crippen LogP contribution in [0.25, 0.3) is 0 Å². The highest BCUT2D eigenvalue weighted by Gasteiger charge is 2.03. The van der Waals surface area contributed by atoms with E-state index in [0.717, 1.165) is 13.0 Å². The number of rotatable bonds is 29. The van der Waals surface area contributed by atoms with Gasteiger partial charge in [-0.25, -0.2) is 0 Å². The maximum Gasteiger partial charge on any atom is 0.246 e. The average Bonchev–Trinajstić information content (AvgIpc) is 2.87. The Morgan fingerprint density at radius 1 is 0.568 bits per heavy atom. The number of ether oxygens (including phenoxy) is 8. The molecule has 0 saturated carbocycles. The number of hydrogen-bond donors (Lipinski definition) is 2. The predicted octanol–water partition coefficient (Wildman–Crippen LogP) is 1.05. The number of carbonyl (C=O) groups is 2. The summed E-state index contributed by atoms with van der Waals surface area (Å²) in [6.07, 6.45) is 1.44. The summed E-state index contributed by atoms with van der Waals surface area (Å²) in [6, 6.07) is 0. The van der Waals surface area contributed by atoms with Gasteiger partial charge in [0.1, 0.15) is 6.61 Å². The van der Waals surface area contributed by atoms with Crippen LogP contribution in [0.5, 0.6) is 0 Å². The fraction of sp³-hybridized carbons (Fsp3) is 0.920. The first-order chi connectivity index (χ1) is 18.1. The molecule has 0 aromatic heterocycles. The lowest BCUT2D eigenvalue weighted by atomic mass is 10.4. The number of amides is 2. The third-order valence-corrected chi connectivity index (χ3v) is 4.36. The fourth-order valence-electron chi connectivity index (χ4n) is 2.57. The van der Waals surface area contributed by atoms with Crippen molar-refractivity contribution in [3.8, 4) is 0 Å². The van der Waals surface area contributed by atoms with Crippen LogP contribution in [0.4, 0.5) is 0 Å². The van der Waals surface area contributed by atoms with Crippen LogP contribution in [0.15, 0.2) is 0 Å². The molecule has 2 amide bonds. The van der Waals surface area contributed by atoms with Crippen LogP contribution in [0.1, 0.15) is 36.5 Å². The zero-order valence-corrected chi connectivity index (χ0v) is 23.1. The largest absolute Gasteiger partial charge is 0.379 e. The Morgan fingerprint density at radius 3 is 1.54 bits per heavy atom. The average molecular weight is 543 g/mol. The molecule has 0 aliphatic rings. The summed E-state index contributed by atoms with van der Waals surface area (Å²) in [5, 5.41) is 5.45. The molecule has 0 radical (unpaired) electrons. The molecular weight excluding hydrogens is 488 g/mol. The van der Waals surface area contributed by atoms with Gasteiger partial charge < -0.3 is 48.5 Å². The molecule has 0 aliphatic carbocycles. The Kier molecular flexibility index (Phi) is 28.1. The quantitative estimate of drug-likeness (QED) is 0.132. The number of hydrogen-bond acceptors (Lipinski definition) is 10. The van der Waals surface area contributed by atoms with Crippen molar-refractivity contribution in [1.82, 2.24) is 10.6 Å². The predicted molar refractivity (Wildman–Crippen MR) is 142 cm³/mol. The summed E-state index contributed by atoms with van der Waals surface area (Å²) in [5.41, 5.74) is 0. The summed E-state index contributed by atoms with van der Waals surface area (Å²) in [7, 11) is 0. The van der Waals surface area contributed by atoms with Gasteiger partial charge in [0, 0.05) is 29.0 Å². The van der Waals surface area contributed by atoms with Gasteiger partial charge in [0.2, 0.25) is 11.8 Å². The molecule has 0 bridgehead atoms. The molecule has 0 fully saturated rings. The van der Waals surface area contributed by atoms with Crippen LogP contribution in [0.3, 0.4) is 0 Å². The topological polar surface area (TPSA) is 132 Å². The third-order valence-electron chi connectivity index (χ3n) is 4.36. The molecule has 0 atom stereocenters. The van der Waals surface area contributed by atoms with Crippen molar-refractivity contribution < 1.29 is 50.3 Å². The van der Waals surface area contributed by atoms with Crippen LogP contribution in [0, 0.1) is 0 Å². The van der Waals surface area contributed by atoms with Gasteiger partial charge >= 0.3 is 0 Å². The molecule has 12 nitrogen and oxygen atoms in total. The van der Waals surface area contributed by atoms with E-state index >= 15 is 0 Å². The Hall–Kier alpha value is -1.38. The van der Waals surface area contributed by atoms with Crippen LogP contribution in [-0.2, 0) is 47.5 Å². The summed E-state index contributed by atoms with van der Waals surface area (Å²) in [5.74, 6) is -0.339. The number of carbonyl (C=O) groups excluding carboxylic acids is 2. The molecule has 2 N–H and O–H groups in total. The molecule has 0 aliphatic heterocycles. The van der Waals surface area contributed by atoms with Crippen molar-refractivity contribution in [3.05, 3.63) is 0 Å². The normalized spacial score (nSPS) is 11.2. The maximum atomic E-state index is 11.8. The molecule has 12 heteroatoms. The summed E-state index contributed by atoms with van der Waals surface area (Å²) >= 11 is 0. The summed E-state index contributed by atoms with van der Waals surface area (Å²) in [6.45, 7) is 13.4. The van der Waals surface area contributed by atoms with Gasteiger partial charge in [0.05, 0.1) is 92.0 Å². The van der Waals surface area contributed by atoms with Gasteiger partial charge in [-0.05, 0) is 20.3 Å². The van der Waals surface area contributed by atoms with Gasteiger partial charge in [0.25, 0.3) is 0 Å². The highest BCUT2D eigenvalue weighted by molar-refractivity contribution is 5.77. The molecule has 0 aromatic rings. The van der Waals surface area contributed by atoms with Crippen molar-refractivity contribution in [3.63, 3.8) is 0 Å². The van der Waals surface area contributed by atoms with E-state index in [4.69, 9.17) is 37.9 Å². The molecule has 0 rings (SSSR count). The Labute approximate surface area is 225 Å². The lowest BCUT2D eigenvalue weighted by Gasteiger charge is -2.09. The van der Waals surface area contributed by atoms with Crippen molar-refractivity contribution >= 4 is 11.8 Å². The Morgan fingerprint density at radius 2 is 1.00 bits per heavy atom. The highest BCUT2D eigenvalue weighted by atomic mass is 16.6. The standard InChI is InChI=1S/C25H50N2O10.2H2/c1-4-8-30-12-14-34-18-19-36-22-25(29)27-7-10-31-9-5-24(28)26-6-11-32-13-15-33-16-17-35-20-21-37-23(2)3;;/h23H,4-22H2,1-3H3,(H,26,28)(H,27,29);2*1H. The van der Waals surface area contributed by atoms with Gasteiger partial charge in [-0.2, -0.15) is 0 Å². The fourth-order valence-corrected chi connectivity index (χ4v) is 2.57. The monoisotopic (exact) mass is 542 g/mol. The van der Waals surface area contributed by atoms with Crippen molar-refractivity contribution in [2.24, 2.45) is 0 Å². The second kappa shape index (κ2) is 29.2. The van der Waals surface area contributed by atoms with E-state index in [0.29, 0.717) is 92.4 Å². The van der Waals surface area contributed by atoms with Gasteiger partial charge in [-0.15, -0.1) is 0 Å². The SMILES string of the molecule is CCCOCCOCCOCC(=O)NCCOCCC(=O)NCCOCCOCCOCCOC(C)C.[HH].[HH]. The van der Waals surface area contributed by atoms with E-state index in [1.54, 1.807) is 0 Å². The van der Waals surface area contributed by atoms with Crippen molar-refractivity contribution in [1.29, 1.82) is 0 Å². The minimum atomic E-state index is -0.224. The highest BCUT2D eigenvalue weighted by Crippen LogP contribution is 1.88. The second-order valence-electron chi connectivity index (χ2n) is 8.10. The first kappa shape index (κ1) is 35.6. The Bertz CT molecular complexity index is 523. The smallest absolute Gasteiger partial charge is 0.246 e. The van der Waals surface area contributed by atoms with E-state index < -0.39 is 0 Å². The lowest BCUT2D eigenvalue weighted by molar-refractivity contribution is -0.127. The van der Waals surface area contributed by atoms with E-state index in [-0.39, 0.29) is 40.4 Å². The lowest BCUT2D eigenvalue weighted by Crippen LogP contribution is -2.32. The molecule has 0 unspecified atom stereocenters. The second-order valence-corrected chi connectivity index (χ2v) is 8.10. The van der Waals surface area contributed by atoms with Gasteiger partial charge in [-0.3, -0.25) is 9.59 Å². The van der Waals surface area contributed by atoms with E-state index in [1.165, 1.54) is 0 Å². The summed E-state index contributed by atoms with van der Waals surface area (Å²) in [4.78, 5) is 23.4. The maximum absolute atomic E-state index is 11.8. The summed E-state index contributed by atoms with van der Waals surface area (Å²) < 4.78 is 42.8. The molecule has 37 heavy (non-hydrogen) atoms. The minimum Gasteiger partial charge on any atom is -0.379 e. The first-order valence-corrected chi connectivity index (χ1v) is 13.3. The van der Waals surface area contributed by atoms with Crippen LogP contribution < -0.4 is 10.6 Å². The molecule has 0 saturated heterocycles. The van der Waals surface area contributed by atoms with Gasteiger partial charge in [-0.1, -0.05) is 6.92 Å². The molecule has 0 aromatic carbocycles. The van der Waals surface area contributed by atoms with E-state index in [9.17, 15) is 9.59 Å². The molecule has 0 spiro atoms. The zero-order valence-electron chi connectivity index (χ0n) is 23.1. The Balaban J connectivity index is -0.00000648. The molecular formula is C25H54N2O10. The minimum absolute atomic E-state index is 0. The molecule has 0 heterocycles. The van der Waals surface area contributed by atoms with Crippen molar-refractivity contribution in [2.45, 2.75) is 39.7 Å². The van der Waals surface area contributed by atoms with Crippen LogP contribution >= 0.6 is 0 Å².